The summed E-state index contributed by atoms with van der Waals surface area (Å²) in [6.07, 6.45) is 7.86. The largest absolute Gasteiger partial charge is 0.461 e. The SMILES string of the molecule is CCOC(=O)c1cn2c3c(sc2n1)CCCCC3. The van der Waals surface area contributed by atoms with Crippen molar-refractivity contribution in [1.82, 2.24) is 9.38 Å². The lowest BCUT2D eigenvalue weighted by molar-refractivity contribution is 0.0520. The Labute approximate surface area is 110 Å². The molecule has 4 nitrogen and oxygen atoms in total. The van der Waals surface area contributed by atoms with Crippen molar-refractivity contribution in [3.8, 4) is 0 Å². The van der Waals surface area contributed by atoms with Gasteiger partial charge in [-0.1, -0.05) is 6.42 Å². The number of carbonyl (C=O) groups excluding carboxylic acids is 1. The maximum atomic E-state index is 11.7. The number of thiazole rings is 1. The first-order valence-corrected chi connectivity index (χ1v) is 7.28. The second-order valence-electron chi connectivity index (χ2n) is 4.53. The molecule has 2 aromatic heterocycles. The molecule has 96 valence electrons. The van der Waals surface area contributed by atoms with Crippen LogP contribution in [0, 0.1) is 0 Å². The monoisotopic (exact) mass is 264 g/mol. The minimum Gasteiger partial charge on any atom is -0.461 e. The highest BCUT2D eigenvalue weighted by molar-refractivity contribution is 7.17. The molecule has 0 saturated heterocycles. The van der Waals surface area contributed by atoms with Crippen LogP contribution in [0.3, 0.4) is 0 Å². The van der Waals surface area contributed by atoms with Crippen molar-refractivity contribution in [2.75, 3.05) is 6.61 Å². The Morgan fingerprint density at radius 2 is 2.28 bits per heavy atom. The van der Waals surface area contributed by atoms with Crippen molar-refractivity contribution >= 4 is 22.3 Å². The number of fused-ring (bicyclic) bond motifs is 3. The lowest BCUT2D eigenvalue weighted by Crippen LogP contribution is -2.04. The normalized spacial score (nSPS) is 15.4. The quantitative estimate of drug-likeness (QED) is 0.619. The van der Waals surface area contributed by atoms with Crippen molar-refractivity contribution in [2.45, 2.75) is 39.0 Å². The third-order valence-electron chi connectivity index (χ3n) is 3.30. The number of hydrogen-bond donors (Lipinski definition) is 0. The molecule has 5 heteroatoms. The number of nitrogens with zero attached hydrogens (tertiary/aromatic N) is 2. The Morgan fingerprint density at radius 1 is 1.44 bits per heavy atom. The van der Waals surface area contributed by atoms with Crippen LogP contribution in [0.1, 0.15) is 47.2 Å². The van der Waals surface area contributed by atoms with Crippen molar-refractivity contribution in [3.05, 3.63) is 22.5 Å². The summed E-state index contributed by atoms with van der Waals surface area (Å²) in [6.45, 7) is 2.20. The molecule has 0 aliphatic heterocycles. The summed E-state index contributed by atoms with van der Waals surface area (Å²) in [7, 11) is 0. The molecule has 0 radical (unpaired) electrons. The smallest absolute Gasteiger partial charge is 0.358 e. The van der Waals surface area contributed by atoms with Crippen LogP contribution in [0.2, 0.25) is 0 Å². The Bertz CT molecular complexity index is 585. The lowest BCUT2D eigenvalue weighted by atomic mass is 10.2. The molecule has 0 unspecified atom stereocenters. The van der Waals surface area contributed by atoms with E-state index in [1.165, 1.54) is 29.8 Å². The first-order chi connectivity index (χ1) is 8.79. The van der Waals surface area contributed by atoms with E-state index in [0.717, 1.165) is 17.8 Å². The van der Waals surface area contributed by atoms with Crippen LogP contribution >= 0.6 is 11.3 Å². The third-order valence-corrected chi connectivity index (χ3v) is 4.46. The zero-order valence-electron chi connectivity index (χ0n) is 10.4. The van der Waals surface area contributed by atoms with Gasteiger partial charge in [0.05, 0.1) is 6.61 Å². The van der Waals surface area contributed by atoms with Gasteiger partial charge in [-0.25, -0.2) is 9.78 Å². The first kappa shape index (κ1) is 11.7. The van der Waals surface area contributed by atoms with Crippen LogP contribution in [-0.2, 0) is 17.6 Å². The number of imidazole rings is 1. The predicted octanol–water partition coefficient (Wildman–Crippen LogP) is 2.84. The maximum Gasteiger partial charge on any atom is 0.358 e. The second kappa shape index (κ2) is 4.72. The molecule has 2 heterocycles. The number of esters is 1. The fourth-order valence-corrected chi connectivity index (χ4v) is 3.64. The number of aryl methyl sites for hydroxylation is 2. The van der Waals surface area contributed by atoms with E-state index >= 15 is 0 Å². The van der Waals surface area contributed by atoms with E-state index in [4.69, 9.17) is 4.74 Å². The number of rotatable bonds is 2. The average Bonchev–Trinajstić information content (AvgIpc) is 2.80. The molecule has 1 aliphatic rings. The van der Waals surface area contributed by atoms with Crippen LogP contribution in [0.4, 0.5) is 0 Å². The Balaban J connectivity index is 2.01. The lowest BCUT2D eigenvalue weighted by Gasteiger charge is -1.98. The fraction of sp³-hybridized carbons (Fsp3) is 0.538. The maximum absolute atomic E-state index is 11.7. The Hall–Kier alpha value is -1.36. The van der Waals surface area contributed by atoms with Gasteiger partial charge in [0, 0.05) is 16.8 Å². The number of aromatic nitrogens is 2. The molecular formula is C13H16N2O2S. The summed E-state index contributed by atoms with van der Waals surface area (Å²) in [6, 6.07) is 0. The molecule has 18 heavy (non-hydrogen) atoms. The van der Waals surface area contributed by atoms with Crippen molar-refractivity contribution in [2.24, 2.45) is 0 Å². The molecule has 0 amide bonds. The van der Waals surface area contributed by atoms with E-state index in [9.17, 15) is 4.79 Å². The van der Waals surface area contributed by atoms with Gasteiger partial charge in [-0.3, -0.25) is 4.40 Å². The van der Waals surface area contributed by atoms with Gasteiger partial charge in [0.25, 0.3) is 0 Å². The zero-order chi connectivity index (χ0) is 12.5. The van der Waals surface area contributed by atoms with E-state index < -0.39 is 0 Å². The predicted molar refractivity (Wildman–Crippen MR) is 70.3 cm³/mol. The summed E-state index contributed by atoms with van der Waals surface area (Å²) in [5, 5.41) is 0. The minimum absolute atomic E-state index is 0.323. The molecule has 0 aromatic carbocycles. The van der Waals surface area contributed by atoms with E-state index in [0.29, 0.717) is 12.3 Å². The molecule has 0 bridgehead atoms. The molecular weight excluding hydrogens is 248 g/mol. The summed E-state index contributed by atoms with van der Waals surface area (Å²) < 4.78 is 7.07. The first-order valence-electron chi connectivity index (χ1n) is 6.46. The molecule has 1 aliphatic carbocycles. The molecule has 3 rings (SSSR count). The Kier molecular flexibility index (Phi) is 3.07. The van der Waals surface area contributed by atoms with Crippen LogP contribution < -0.4 is 0 Å². The number of hydrogen-bond acceptors (Lipinski definition) is 4. The summed E-state index contributed by atoms with van der Waals surface area (Å²) in [5.74, 6) is -0.323. The average molecular weight is 264 g/mol. The second-order valence-corrected chi connectivity index (χ2v) is 5.59. The van der Waals surface area contributed by atoms with Gasteiger partial charge in [0.2, 0.25) is 0 Å². The van der Waals surface area contributed by atoms with E-state index in [1.54, 1.807) is 11.3 Å². The van der Waals surface area contributed by atoms with Gasteiger partial charge >= 0.3 is 5.97 Å². The molecule has 0 atom stereocenters. The molecule has 0 spiro atoms. The van der Waals surface area contributed by atoms with Crippen molar-refractivity contribution in [3.63, 3.8) is 0 Å². The standard InChI is InChI=1S/C13H16N2O2S/c1-2-17-12(16)9-8-15-10-6-4-3-5-7-11(10)18-13(15)14-9/h8H,2-7H2,1H3. The van der Waals surface area contributed by atoms with Crippen molar-refractivity contribution < 1.29 is 9.53 Å². The van der Waals surface area contributed by atoms with Crippen LogP contribution in [-0.4, -0.2) is 22.0 Å². The van der Waals surface area contributed by atoms with Crippen LogP contribution in [0.15, 0.2) is 6.20 Å². The highest BCUT2D eigenvalue weighted by Gasteiger charge is 2.19. The highest BCUT2D eigenvalue weighted by Crippen LogP contribution is 2.29. The van der Waals surface area contributed by atoms with E-state index in [-0.39, 0.29) is 5.97 Å². The number of ether oxygens (including phenoxy) is 1. The summed E-state index contributed by atoms with van der Waals surface area (Å²) in [5.41, 5.74) is 1.77. The summed E-state index contributed by atoms with van der Waals surface area (Å²) >= 11 is 1.71. The van der Waals surface area contributed by atoms with Crippen LogP contribution in [0.25, 0.3) is 4.96 Å². The van der Waals surface area contributed by atoms with Gasteiger partial charge in [-0.15, -0.1) is 11.3 Å². The van der Waals surface area contributed by atoms with Crippen molar-refractivity contribution in [1.29, 1.82) is 0 Å². The molecule has 0 fully saturated rings. The van der Waals surface area contributed by atoms with Crippen LogP contribution in [0.5, 0.6) is 0 Å². The molecule has 0 N–H and O–H groups in total. The Morgan fingerprint density at radius 3 is 3.11 bits per heavy atom. The minimum atomic E-state index is -0.323. The van der Waals surface area contributed by atoms with Gasteiger partial charge in [0.15, 0.2) is 10.7 Å². The molecule has 2 aromatic rings. The topological polar surface area (TPSA) is 43.6 Å². The fourth-order valence-electron chi connectivity index (χ4n) is 2.45. The molecule has 0 saturated carbocycles. The van der Waals surface area contributed by atoms with Gasteiger partial charge in [-0.2, -0.15) is 0 Å². The van der Waals surface area contributed by atoms with Gasteiger partial charge in [0.1, 0.15) is 0 Å². The van der Waals surface area contributed by atoms with E-state index in [1.807, 2.05) is 13.1 Å². The van der Waals surface area contributed by atoms with Gasteiger partial charge < -0.3 is 4.74 Å². The zero-order valence-corrected chi connectivity index (χ0v) is 11.3. The summed E-state index contributed by atoms with van der Waals surface area (Å²) in [4.78, 5) is 18.4. The van der Waals surface area contributed by atoms with E-state index in [2.05, 4.69) is 9.38 Å². The third kappa shape index (κ3) is 1.92. The number of carbonyl (C=O) groups is 1. The highest BCUT2D eigenvalue weighted by atomic mass is 32.1. The van der Waals surface area contributed by atoms with Gasteiger partial charge in [-0.05, 0) is 32.6 Å².